The molecule has 0 rings (SSSR count). The van der Waals surface area contributed by atoms with Crippen LogP contribution in [0.25, 0.3) is 0 Å². The summed E-state index contributed by atoms with van der Waals surface area (Å²) in [5.74, 6) is 0.0944. The average Bonchev–Trinajstić information content (AvgIpc) is 1.87. The first kappa shape index (κ1) is 9.47. The van der Waals surface area contributed by atoms with Gasteiger partial charge >= 0.3 is 0 Å². The number of carbonyl (C=O) groups excluding carboxylic acids is 1. The summed E-state index contributed by atoms with van der Waals surface area (Å²) in [5.41, 5.74) is 0. The van der Waals surface area contributed by atoms with E-state index in [0.29, 0.717) is 0 Å². The second kappa shape index (κ2) is 4.31. The number of Topliss-reactive ketones (excluding diaryl/α,β-unsaturated/α-hetero) is 1. The normalized spacial score (nSPS) is 15.1. The SMILES string of the molecule is CC(=O)C(C)C(C)N=C=S. The van der Waals surface area contributed by atoms with Gasteiger partial charge in [0, 0.05) is 5.92 Å². The Bertz CT molecular complexity index is 166. The van der Waals surface area contributed by atoms with Crippen LogP contribution >= 0.6 is 12.2 Å². The summed E-state index contributed by atoms with van der Waals surface area (Å²) in [4.78, 5) is 14.5. The third-order valence-electron chi connectivity index (χ3n) is 1.62. The van der Waals surface area contributed by atoms with Crippen molar-refractivity contribution in [2.24, 2.45) is 10.9 Å². The van der Waals surface area contributed by atoms with Crippen LogP contribution in [0.15, 0.2) is 4.99 Å². The molecule has 0 saturated carbocycles. The first-order chi connectivity index (χ1) is 4.59. The lowest BCUT2D eigenvalue weighted by molar-refractivity contribution is -0.120. The van der Waals surface area contributed by atoms with Gasteiger partial charge in [0.1, 0.15) is 5.78 Å². The maximum absolute atomic E-state index is 10.7. The molecule has 2 nitrogen and oxygen atoms in total. The minimum Gasteiger partial charge on any atom is -0.300 e. The molecule has 0 amide bonds. The van der Waals surface area contributed by atoms with Crippen LogP contribution in [0.2, 0.25) is 0 Å². The van der Waals surface area contributed by atoms with Crippen LogP contribution in [-0.4, -0.2) is 17.0 Å². The van der Waals surface area contributed by atoms with Crippen LogP contribution in [0, 0.1) is 5.92 Å². The lowest BCUT2D eigenvalue weighted by Gasteiger charge is -2.09. The summed E-state index contributed by atoms with van der Waals surface area (Å²) < 4.78 is 0. The van der Waals surface area contributed by atoms with Crippen molar-refractivity contribution in [3.05, 3.63) is 0 Å². The van der Waals surface area contributed by atoms with E-state index in [4.69, 9.17) is 0 Å². The Kier molecular flexibility index (Phi) is 4.08. The van der Waals surface area contributed by atoms with E-state index in [9.17, 15) is 4.79 Å². The smallest absolute Gasteiger partial charge is 0.134 e. The second-order valence-corrected chi connectivity index (χ2v) is 2.54. The molecule has 0 aromatic heterocycles. The summed E-state index contributed by atoms with van der Waals surface area (Å²) in [5, 5.41) is 2.26. The average molecular weight is 157 g/mol. The van der Waals surface area contributed by atoms with Gasteiger partial charge in [-0.3, -0.25) is 4.79 Å². The van der Waals surface area contributed by atoms with E-state index < -0.39 is 0 Å². The number of rotatable bonds is 3. The quantitative estimate of drug-likeness (QED) is 0.461. The van der Waals surface area contributed by atoms with E-state index in [1.165, 1.54) is 0 Å². The fraction of sp³-hybridized carbons (Fsp3) is 0.714. The van der Waals surface area contributed by atoms with E-state index in [-0.39, 0.29) is 17.7 Å². The molecule has 10 heavy (non-hydrogen) atoms. The molecule has 3 heteroatoms. The largest absolute Gasteiger partial charge is 0.300 e. The number of hydrogen-bond donors (Lipinski definition) is 0. The van der Waals surface area contributed by atoms with Crippen molar-refractivity contribution in [2.45, 2.75) is 26.8 Å². The Labute approximate surface area is 66.3 Å². The summed E-state index contributed by atoms with van der Waals surface area (Å²) >= 11 is 4.41. The third-order valence-corrected chi connectivity index (χ3v) is 1.73. The summed E-state index contributed by atoms with van der Waals surface area (Å²) in [7, 11) is 0. The predicted molar refractivity (Wildman–Crippen MR) is 44.3 cm³/mol. The maximum Gasteiger partial charge on any atom is 0.134 e. The molecular weight excluding hydrogens is 146 g/mol. The number of thiocarbonyl (C=S) groups is 1. The Morgan fingerprint density at radius 1 is 1.60 bits per heavy atom. The third kappa shape index (κ3) is 2.85. The summed E-state index contributed by atoms with van der Waals surface area (Å²) in [6, 6.07) is -0.0324. The van der Waals surface area contributed by atoms with Crippen molar-refractivity contribution < 1.29 is 4.79 Å². The molecular formula is C7H11NOS. The van der Waals surface area contributed by atoms with Crippen LogP contribution in [0.1, 0.15) is 20.8 Å². The molecule has 2 atom stereocenters. The van der Waals surface area contributed by atoms with Gasteiger partial charge in [-0.15, -0.1) is 0 Å². The van der Waals surface area contributed by atoms with E-state index in [1.54, 1.807) is 6.92 Å². The number of isothiocyanates is 1. The van der Waals surface area contributed by atoms with Crippen LogP contribution in [0.3, 0.4) is 0 Å². The van der Waals surface area contributed by atoms with Gasteiger partial charge in [0.05, 0.1) is 11.2 Å². The predicted octanol–water partition coefficient (Wildman–Crippen LogP) is 1.70. The molecule has 0 bridgehead atoms. The zero-order valence-corrected chi connectivity index (χ0v) is 7.23. The molecule has 0 aliphatic rings. The standard InChI is InChI=1S/C7H11NOS/c1-5(7(3)9)6(2)8-4-10/h5-6H,1-3H3. The highest BCUT2D eigenvalue weighted by atomic mass is 32.1. The number of nitrogens with zero attached hydrogens (tertiary/aromatic N) is 1. The van der Waals surface area contributed by atoms with E-state index in [0.717, 1.165) is 0 Å². The Balaban J connectivity index is 4.06. The van der Waals surface area contributed by atoms with Gasteiger partial charge < -0.3 is 0 Å². The number of aliphatic imine (C=N–C) groups is 1. The fourth-order valence-corrected chi connectivity index (χ4v) is 0.701. The zero-order chi connectivity index (χ0) is 8.15. The lowest BCUT2D eigenvalue weighted by atomic mass is 10.0. The topological polar surface area (TPSA) is 29.4 Å². The van der Waals surface area contributed by atoms with Gasteiger partial charge in [-0.2, -0.15) is 0 Å². The first-order valence-corrected chi connectivity index (χ1v) is 3.58. The highest BCUT2D eigenvalue weighted by Crippen LogP contribution is 2.06. The van der Waals surface area contributed by atoms with Crippen LogP contribution in [-0.2, 0) is 4.79 Å². The highest BCUT2D eigenvalue weighted by molar-refractivity contribution is 7.78. The lowest BCUT2D eigenvalue weighted by Crippen LogP contribution is -2.18. The van der Waals surface area contributed by atoms with Crippen molar-refractivity contribution in [1.29, 1.82) is 0 Å². The molecule has 0 N–H and O–H groups in total. The van der Waals surface area contributed by atoms with Crippen molar-refractivity contribution in [3.8, 4) is 0 Å². The van der Waals surface area contributed by atoms with E-state index >= 15 is 0 Å². The first-order valence-electron chi connectivity index (χ1n) is 3.17. The van der Waals surface area contributed by atoms with Crippen molar-refractivity contribution in [2.75, 3.05) is 0 Å². The maximum atomic E-state index is 10.7. The van der Waals surface area contributed by atoms with Crippen LogP contribution < -0.4 is 0 Å². The fourth-order valence-electron chi connectivity index (χ4n) is 0.535. The van der Waals surface area contributed by atoms with Gasteiger partial charge in [-0.1, -0.05) is 6.92 Å². The van der Waals surface area contributed by atoms with Crippen LogP contribution in [0.4, 0.5) is 0 Å². The molecule has 0 aliphatic carbocycles. The van der Waals surface area contributed by atoms with Gasteiger partial charge in [0.2, 0.25) is 0 Å². The molecule has 0 saturated heterocycles. The van der Waals surface area contributed by atoms with Gasteiger partial charge in [-0.25, -0.2) is 4.99 Å². The minimum absolute atomic E-state index is 0.0324. The van der Waals surface area contributed by atoms with Gasteiger partial charge in [0.15, 0.2) is 0 Å². The molecule has 0 heterocycles. The summed E-state index contributed by atoms with van der Waals surface area (Å²) in [6.07, 6.45) is 0. The number of carbonyl (C=O) groups is 1. The highest BCUT2D eigenvalue weighted by Gasteiger charge is 2.14. The molecule has 0 fully saturated rings. The summed E-state index contributed by atoms with van der Waals surface area (Å²) in [6.45, 7) is 5.24. The Hall–Kier alpha value is -0.530. The molecule has 0 aromatic rings. The zero-order valence-electron chi connectivity index (χ0n) is 6.42. The Morgan fingerprint density at radius 3 is 2.40 bits per heavy atom. The molecule has 56 valence electrons. The van der Waals surface area contributed by atoms with Crippen molar-refractivity contribution in [3.63, 3.8) is 0 Å². The monoisotopic (exact) mass is 157 g/mol. The Morgan fingerprint density at radius 2 is 2.10 bits per heavy atom. The van der Waals surface area contributed by atoms with Crippen LogP contribution in [0.5, 0.6) is 0 Å². The van der Waals surface area contributed by atoms with E-state index in [2.05, 4.69) is 22.4 Å². The molecule has 0 radical (unpaired) electrons. The molecule has 0 aliphatic heterocycles. The van der Waals surface area contributed by atoms with E-state index in [1.807, 2.05) is 13.8 Å². The molecule has 2 unspecified atom stereocenters. The number of ketones is 1. The second-order valence-electron chi connectivity index (χ2n) is 2.36. The van der Waals surface area contributed by atoms with Crippen molar-refractivity contribution >= 4 is 23.2 Å². The van der Waals surface area contributed by atoms with Gasteiger partial charge in [0.25, 0.3) is 0 Å². The van der Waals surface area contributed by atoms with Crippen molar-refractivity contribution in [1.82, 2.24) is 0 Å². The van der Waals surface area contributed by atoms with Gasteiger partial charge in [-0.05, 0) is 26.1 Å². The molecule has 0 aromatic carbocycles. The minimum atomic E-state index is -0.0459. The molecule has 0 spiro atoms. The number of hydrogen-bond acceptors (Lipinski definition) is 3.